The zero-order valence-electron chi connectivity index (χ0n) is 13.6. The van der Waals surface area contributed by atoms with Gasteiger partial charge in [0.15, 0.2) is 0 Å². The minimum atomic E-state index is 0.0178. The van der Waals surface area contributed by atoms with E-state index in [9.17, 15) is 4.79 Å². The zero-order chi connectivity index (χ0) is 15.7. The van der Waals surface area contributed by atoms with Gasteiger partial charge in [0.05, 0.1) is 19.2 Å². The van der Waals surface area contributed by atoms with Crippen LogP contribution >= 0.6 is 0 Å². The Hall–Kier alpha value is -1.39. The molecule has 1 atom stereocenters. The number of amides is 1. The second-order valence-corrected chi connectivity index (χ2v) is 6.47. The fraction of sp³-hybridized carbons (Fsp3) is 0.588. The first-order chi connectivity index (χ1) is 9.92. The molecule has 0 aliphatic heterocycles. The lowest BCUT2D eigenvalue weighted by Crippen LogP contribution is -2.38. The van der Waals surface area contributed by atoms with Crippen LogP contribution in [0.25, 0.3) is 0 Å². The second-order valence-electron chi connectivity index (χ2n) is 6.47. The maximum absolute atomic E-state index is 12.1. The maximum atomic E-state index is 12.1. The summed E-state index contributed by atoms with van der Waals surface area (Å²) in [7, 11) is 1.65. The molecular formula is C17H28N2O2. The van der Waals surface area contributed by atoms with Crippen LogP contribution in [-0.4, -0.2) is 32.7 Å². The van der Waals surface area contributed by atoms with Crippen molar-refractivity contribution < 1.29 is 9.53 Å². The molecule has 0 saturated carbocycles. The maximum Gasteiger partial charge on any atom is 0.234 e. The van der Waals surface area contributed by atoms with Gasteiger partial charge in [0.2, 0.25) is 5.91 Å². The van der Waals surface area contributed by atoms with Crippen molar-refractivity contribution in [3.8, 4) is 0 Å². The first kappa shape index (κ1) is 17.7. The molecular weight excluding hydrogens is 264 g/mol. The van der Waals surface area contributed by atoms with Crippen LogP contribution in [0.3, 0.4) is 0 Å². The SMILES string of the molecule is COCCNCC(=O)NC(CC(C)(C)C)c1ccccc1. The molecule has 0 aliphatic carbocycles. The Morgan fingerprint density at radius 1 is 1.24 bits per heavy atom. The Balaban J connectivity index is 2.59. The predicted octanol–water partition coefficient (Wildman–Crippen LogP) is 2.52. The Labute approximate surface area is 128 Å². The van der Waals surface area contributed by atoms with Gasteiger partial charge in [-0.2, -0.15) is 0 Å². The van der Waals surface area contributed by atoms with Gasteiger partial charge in [0, 0.05) is 13.7 Å². The fourth-order valence-electron chi connectivity index (χ4n) is 2.17. The quantitative estimate of drug-likeness (QED) is 0.724. The van der Waals surface area contributed by atoms with Gasteiger partial charge in [-0.3, -0.25) is 4.79 Å². The van der Waals surface area contributed by atoms with Gasteiger partial charge in [-0.05, 0) is 17.4 Å². The van der Waals surface area contributed by atoms with Crippen LogP contribution in [0, 0.1) is 5.41 Å². The third-order valence-corrected chi connectivity index (χ3v) is 3.12. The molecule has 0 fully saturated rings. The van der Waals surface area contributed by atoms with E-state index in [1.807, 2.05) is 18.2 Å². The lowest BCUT2D eigenvalue weighted by Gasteiger charge is -2.27. The number of nitrogens with one attached hydrogen (secondary N) is 2. The summed E-state index contributed by atoms with van der Waals surface area (Å²) in [6.45, 7) is 8.16. The molecule has 0 aromatic heterocycles. The van der Waals surface area contributed by atoms with Gasteiger partial charge in [-0.1, -0.05) is 51.1 Å². The average Bonchev–Trinajstić information content (AvgIpc) is 2.42. The molecule has 1 rings (SSSR count). The minimum absolute atomic E-state index is 0.0178. The normalized spacial score (nSPS) is 13.0. The van der Waals surface area contributed by atoms with Crippen molar-refractivity contribution in [1.29, 1.82) is 0 Å². The molecule has 0 bridgehead atoms. The summed E-state index contributed by atoms with van der Waals surface area (Å²) in [6.07, 6.45) is 0.904. The molecule has 21 heavy (non-hydrogen) atoms. The number of hydrogen-bond donors (Lipinski definition) is 2. The molecule has 0 heterocycles. The van der Waals surface area contributed by atoms with E-state index < -0.39 is 0 Å². The number of ether oxygens (including phenoxy) is 1. The molecule has 1 unspecified atom stereocenters. The van der Waals surface area contributed by atoms with Crippen LogP contribution in [0.15, 0.2) is 30.3 Å². The molecule has 4 nitrogen and oxygen atoms in total. The highest BCUT2D eigenvalue weighted by molar-refractivity contribution is 5.78. The lowest BCUT2D eigenvalue weighted by atomic mass is 9.85. The summed E-state index contributed by atoms with van der Waals surface area (Å²) in [4.78, 5) is 12.1. The van der Waals surface area contributed by atoms with Gasteiger partial charge in [0.25, 0.3) is 0 Å². The van der Waals surface area contributed by atoms with Crippen molar-refractivity contribution in [1.82, 2.24) is 10.6 Å². The molecule has 1 aromatic carbocycles. The summed E-state index contributed by atoms with van der Waals surface area (Å²) < 4.78 is 4.95. The molecule has 118 valence electrons. The summed E-state index contributed by atoms with van der Waals surface area (Å²) in [6, 6.07) is 10.2. The van der Waals surface area contributed by atoms with Crippen LogP contribution in [0.2, 0.25) is 0 Å². The minimum Gasteiger partial charge on any atom is -0.383 e. The van der Waals surface area contributed by atoms with E-state index in [0.29, 0.717) is 19.7 Å². The van der Waals surface area contributed by atoms with E-state index in [4.69, 9.17) is 4.74 Å². The van der Waals surface area contributed by atoms with Crippen LogP contribution in [0.4, 0.5) is 0 Å². The van der Waals surface area contributed by atoms with Crippen molar-refractivity contribution >= 4 is 5.91 Å². The molecule has 2 N–H and O–H groups in total. The van der Waals surface area contributed by atoms with Gasteiger partial charge >= 0.3 is 0 Å². The highest BCUT2D eigenvalue weighted by atomic mass is 16.5. The first-order valence-electron chi connectivity index (χ1n) is 7.46. The highest BCUT2D eigenvalue weighted by Crippen LogP contribution is 2.29. The molecule has 0 radical (unpaired) electrons. The molecule has 0 aliphatic rings. The number of methoxy groups -OCH3 is 1. The topological polar surface area (TPSA) is 50.4 Å². The van der Waals surface area contributed by atoms with E-state index in [2.05, 4.69) is 43.5 Å². The van der Waals surface area contributed by atoms with Gasteiger partial charge in [0.1, 0.15) is 0 Å². The van der Waals surface area contributed by atoms with Crippen LogP contribution < -0.4 is 10.6 Å². The van der Waals surface area contributed by atoms with Gasteiger partial charge in [-0.25, -0.2) is 0 Å². The number of carbonyl (C=O) groups is 1. The molecule has 1 amide bonds. The van der Waals surface area contributed by atoms with Crippen molar-refractivity contribution in [2.45, 2.75) is 33.2 Å². The van der Waals surface area contributed by atoms with E-state index in [-0.39, 0.29) is 17.4 Å². The second kappa shape index (κ2) is 8.80. The van der Waals surface area contributed by atoms with E-state index in [0.717, 1.165) is 12.0 Å². The number of carbonyl (C=O) groups excluding carboxylic acids is 1. The zero-order valence-corrected chi connectivity index (χ0v) is 13.6. The van der Waals surface area contributed by atoms with Crippen LogP contribution in [0.5, 0.6) is 0 Å². The van der Waals surface area contributed by atoms with Crippen molar-refractivity contribution in [3.05, 3.63) is 35.9 Å². The Kier molecular flexibility index (Phi) is 7.40. The van der Waals surface area contributed by atoms with E-state index in [1.165, 1.54) is 0 Å². The van der Waals surface area contributed by atoms with Crippen LogP contribution in [0.1, 0.15) is 38.8 Å². The number of hydrogen-bond acceptors (Lipinski definition) is 3. The first-order valence-corrected chi connectivity index (χ1v) is 7.46. The number of benzene rings is 1. The van der Waals surface area contributed by atoms with E-state index in [1.54, 1.807) is 7.11 Å². The van der Waals surface area contributed by atoms with Crippen LogP contribution in [-0.2, 0) is 9.53 Å². The predicted molar refractivity (Wildman–Crippen MR) is 86.1 cm³/mol. The highest BCUT2D eigenvalue weighted by Gasteiger charge is 2.21. The largest absolute Gasteiger partial charge is 0.383 e. The Morgan fingerprint density at radius 3 is 2.48 bits per heavy atom. The molecule has 4 heteroatoms. The monoisotopic (exact) mass is 292 g/mol. The third kappa shape index (κ3) is 7.83. The average molecular weight is 292 g/mol. The summed E-state index contributed by atoms with van der Waals surface area (Å²) in [5.41, 5.74) is 1.30. The van der Waals surface area contributed by atoms with Gasteiger partial charge < -0.3 is 15.4 Å². The third-order valence-electron chi connectivity index (χ3n) is 3.12. The summed E-state index contributed by atoms with van der Waals surface area (Å²) >= 11 is 0. The lowest BCUT2D eigenvalue weighted by molar-refractivity contribution is -0.121. The van der Waals surface area contributed by atoms with Gasteiger partial charge in [-0.15, -0.1) is 0 Å². The molecule has 0 spiro atoms. The fourth-order valence-corrected chi connectivity index (χ4v) is 2.17. The van der Waals surface area contributed by atoms with Crippen molar-refractivity contribution in [2.75, 3.05) is 26.8 Å². The van der Waals surface area contributed by atoms with E-state index >= 15 is 0 Å². The van der Waals surface area contributed by atoms with Crippen molar-refractivity contribution in [2.24, 2.45) is 5.41 Å². The standard InChI is InChI=1S/C17H28N2O2/c1-17(2,3)12-15(14-8-6-5-7-9-14)19-16(20)13-18-10-11-21-4/h5-9,15,18H,10-13H2,1-4H3,(H,19,20). The molecule has 1 aromatic rings. The molecule has 0 saturated heterocycles. The Morgan fingerprint density at radius 2 is 1.90 bits per heavy atom. The van der Waals surface area contributed by atoms with Crippen molar-refractivity contribution in [3.63, 3.8) is 0 Å². The summed E-state index contributed by atoms with van der Waals surface area (Å²) in [5.74, 6) is 0.0178. The summed E-state index contributed by atoms with van der Waals surface area (Å²) in [5, 5.41) is 6.19. The smallest absolute Gasteiger partial charge is 0.234 e. The Bertz CT molecular complexity index is 413. The number of rotatable bonds is 8.